The molecule has 1 rings (SSSR count). The lowest BCUT2D eigenvalue weighted by Crippen LogP contribution is -2.48. The average Bonchev–Trinajstić information content (AvgIpc) is 2.33. The lowest BCUT2D eigenvalue weighted by Gasteiger charge is -2.20. The van der Waals surface area contributed by atoms with Gasteiger partial charge in [0, 0.05) is 5.02 Å². The van der Waals surface area contributed by atoms with E-state index in [4.69, 9.17) is 21.1 Å². The van der Waals surface area contributed by atoms with Gasteiger partial charge in [-0.3, -0.25) is 10.2 Å². The molecule has 0 saturated carbocycles. The van der Waals surface area contributed by atoms with E-state index in [9.17, 15) is 9.59 Å². The summed E-state index contributed by atoms with van der Waals surface area (Å²) >= 11 is 5.82. The highest BCUT2D eigenvalue weighted by Gasteiger charge is 2.19. The highest BCUT2D eigenvalue weighted by atomic mass is 35.5. The highest BCUT2D eigenvalue weighted by Crippen LogP contribution is 2.18. The fourth-order valence-electron chi connectivity index (χ4n) is 1.32. The molecule has 0 heterocycles. The number of carbonyl (C=O) groups excluding carboxylic acids is 2. The zero-order valence-electron chi connectivity index (χ0n) is 12.4. The van der Waals surface area contributed by atoms with Gasteiger partial charge in [-0.2, -0.15) is 0 Å². The van der Waals surface area contributed by atoms with Crippen molar-refractivity contribution in [1.82, 2.24) is 10.9 Å². The van der Waals surface area contributed by atoms with Crippen LogP contribution in [0.15, 0.2) is 24.3 Å². The summed E-state index contributed by atoms with van der Waals surface area (Å²) in [5, 5.41) is 0.506. The Balaban J connectivity index is 2.43. The van der Waals surface area contributed by atoms with Gasteiger partial charge < -0.3 is 9.47 Å². The van der Waals surface area contributed by atoms with Gasteiger partial charge >= 0.3 is 6.09 Å². The molecular weight excluding hydrogens is 296 g/mol. The van der Waals surface area contributed by atoms with Crippen molar-refractivity contribution in [3.63, 3.8) is 0 Å². The summed E-state index contributed by atoms with van der Waals surface area (Å²) in [5.41, 5.74) is 3.73. The zero-order chi connectivity index (χ0) is 16.0. The van der Waals surface area contributed by atoms with Gasteiger partial charge in [-0.25, -0.2) is 10.2 Å². The van der Waals surface area contributed by atoms with Gasteiger partial charge in [0.25, 0.3) is 5.91 Å². The van der Waals surface area contributed by atoms with Crippen molar-refractivity contribution in [3.05, 3.63) is 29.3 Å². The number of amides is 2. The van der Waals surface area contributed by atoms with Crippen LogP contribution in [0, 0.1) is 0 Å². The van der Waals surface area contributed by atoms with Crippen molar-refractivity contribution in [2.24, 2.45) is 0 Å². The lowest BCUT2D eigenvalue weighted by molar-refractivity contribution is -0.128. The van der Waals surface area contributed by atoms with Crippen molar-refractivity contribution >= 4 is 23.6 Å². The first-order chi connectivity index (χ1) is 9.67. The predicted octanol–water partition coefficient (Wildman–Crippen LogP) is 2.66. The first-order valence-electron chi connectivity index (χ1n) is 6.38. The molecule has 0 aromatic heterocycles. The number of hydrogen-bond donors (Lipinski definition) is 2. The van der Waals surface area contributed by atoms with Crippen molar-refractivity contribution < 1.29 is 19.1 Å². The van der Waals surface area contributed by atoms with E-state index in [1.807, 2.05) is 0 Å². The molecule has 7 heteroatoms. The van der Waals surface area contributed by atoms with Crippen LogP contribution in [-0.4, -0.2) is 23.7 Å². The van der Waals surface area contributed by atoms with E-state index in [-0.39, 0.29) is 0 Å². The molecule has 0 aliphatic rings. The molecule has 0 aliphatic heterocycles. The van der Waals surface area contributed by atoms with Gasteiger partial charge in [0.15, 0.2) is 6.10 Å². The summed E-state index contributed by atoms with van der Waals surface area (Å²) in [7, 11) is 0. The lowest BCUT2D eigenvalue weighted by atomic mass is 10.2. The molecule has 0 fully saturated rings. The quantitative estimate of drug-likeness (QED) is 0.841. The fourth-order valence-corrected chi connectivity index (χ4v) is 1.50. The van der Waals surface area contributed by atoms with Crippen LogP contribution >= 0.6 is 11.6 Å². The fraction of sp³-hybridized carbons (Fsp3) is 0.429. The summed E-state index contributed by atoms with van der Waals surface area (Å²) in [6.07, 6.45) is -1.55. The molecule has 116 valence electrons. The van der Waals surface area contributed by atoms with E-state index in [0.29, 0.717) is 10.8 Å². The first-order valence-corrected chi connectivity index (χ1v) is 6.76. The van der Waals surface area contributed by atoms with Crippen LogP contribution in [0.3, 0.4) is 0 Å². The smallest absolute Gasteiger partial charge is 0.426 e. The number of hydrogen-bond acceptors (Lipinski definition) is 4. The van der Waals surface area contributed by atoms with Gasteiger partial charge in [-0.05, 0) is 45.9 Å². The maximum absolute atomic E-state index is 11.8. The van der Waals surface area contributed by atoms with Gasteiger partial charge in [0.1, 0.15) is 11.4 Å². The molecule has 0 saturated heterocycles. The first kappa shape index (κ1) is 17.1. The Morgan fingerprint density at radius 1 is 1.24 bits per heavy atom. The van der Waals surface area contributed by atoms with Crippen LogP contribution in [-0.2, 0) is 9.53 Å². The Kier molecular flexibility index (Phi) is 5.84. The molecule has 0 unspecified atom stereocenters. The number of halogens is 1. The Morgan fingerprint density at radius 3 is 2.48 bits per heavy atom. The Bertz CT molecular complexity index is 514. The predicted molar refractivity (Wildman–Crippen MR) is 79.1 cm³/mol. The monoisotopic (exact) mass is 314 g/mol. The second-order valence-corrected chi connectivity index (χ2v) is 5.77. The third-order valence-electron chi connectivity index (χ3n) is 2.16. The second kappa shape index (κ2) is 7.17. The number of benzene rings is 1. The van der Waals surface area contributed by atoms with Crippen LogP contribution in [0.4, 0.5) is 4.79 Å². The summed E-state index contributed by atoms with van der Waals surface area (Å²) < 4.78 is 10.4. The van der Waals surface area contributed by atoms with Crippen molar-refractivity contribution in [3.8, 4) is 5.75 Å². The Hall–Kier alpha value is -1.95. The Labute approximate surface area is 128 Å². The molecule has 1 aromatic carbocycles. The minimum absolute atomic E-state index is 0.461. The van der Waals surface area contributed by atoms with Gasteiger partial charge in [-0.15, -0.1) is 0 Å². The maximum atomic E-state index is 11.8. The number of rotatable bonds is 3. The van der Waals surface area contributed by atoms with Gasteiger partial charge in [-0.1, -0.05) is 17.7 Å². The Morgan fingerprint density at radius 2 is 1.90 bits per heavy atom. The number of nitrogens with one attached hydrogen (secondary N) is 2. The SMILES string of the molecule is C[C@H](Oc1cccc(Cl)c1)C(=O)NNC(=O)OC(C)(C)C. The van der Waals surface area contributed by atoms with Crippen LogP contribution in [0.5, 0.6) is 5.75 Å². The molecule has 1 aromatic rings. The minimum Gasteiger partial charge on any atom is -0.481 e. The molecular formula is C14H19ClN2O4. The average molecular weight is 315 g/mol. The van der Waals surface area contributed by atoms with Crippen LogP contribution < -0.4 is 15.6 Å². The second-order valence-electron chi connectivity index (χ2n) is 5.33. The summed E-state index contributed by atoms with van der Waals surface area (Å²) in [5.74, 6) is -0.0525. The van der Waals surface area contributed by atoms with E-state index >= 15 is 0 Å². The number of carbonyl (C=O) groups is 2. The van der Waals surface area contributed by atoms with Gasteiger partial charge in [0.05, 0.1) is 0 Å². The molecule has 2 amide bonds. The molecule has 0 aliphatic carbocycles. The summed E-state index contributed by atoms with van der Waals surface area (Å²) in [6.45, 7) is 6.71. The van der Waals surface area contributed by atoms with E-state index in [0.717, 1.165) is 0 Å². The molecule has 0 spiro atoms. The molecule has 2 N–H and O–H groups in total. The van der Waals surface area contributed by atoms with Gasteiger partial charge in [0.2, 0.25) is 0 Å². The van der Waals surface area contributed by atoms with E-state index in [1.54, 1.807) is 52.0 Å². The maximum Gasteiger partial charge on any atom is 0.426 e. The van der Waals surface area contributed by atoms with Crippen molar-refractivity contribution in [2.45, 2.75) is 39.4 Å². The van der Waals surface area contributed by atoms with Crippen LogP contribution in [0.1, 0.15) is 27.7 Å². The number of ether oxygens (including phenoxy) is 2. The van der Waals surface area contributed by atoms with E-state index < -0.39 is 23.7 Å². The highest BCUT2D eigenvalue weighted by molar-refractivity contribution is 6.30. The molecule has 0 bridgehead atoms. The normalized spacial score (nSPS) is 12.2. The summed E-state index contributed by atoms with van der Waals surface area (Å²) in [6, 6.07) is 6.67. The standard InChI is InChI=1S/C14H19ClN2O4/c1-9(20-11-7-5-6-10(15)8-11)12(18)16-17-13(19)21-14(2,3)4/h5-9H,1-4H3,(H,16,18)(H,17,19)/t9-/m0/s1. The van der Waals surface area contributed by atoms with Crippen molar-refractivity contribution in [2.75, 3.05) is 0 Å². The van der Waals surface area contributed by atoms with E-state index in [2.05, 4.69) is 10.9 Å². The van der Waals surface area contributed by atoms with Crippen LogP contribution in [0.25, 0.3) is 0 Å². The van der Waals surface area contributed by atoms with E-state index in [1.165, 1.54) is 0 Å². The molecule has 0 radical (unpaired) electrons. The molecule has 21 heavy (non-hydrogen) atoms. The van der Waals surface area contributed by atoms with Crippen molar-refractivity contribution in [1.29, 1.82) is 0 Å². The summed E-state index contributed by atoms with van der Waals surface area (Å²) in [4.78, 5) is 23.1. The van der Waals surface area contributed by atoms with Crippen LogP contribution in [0.2, 0.25) is 5.02 Å². The third-order valence-corrected chi connectivity index (χ3v) is 2.40. The largest absolute Gasteiger partial charge is 0.481 e. The molecule has 1 atom stereocenters. The molecule has 6 nitrogen and oxygen atoms in total. The zero-order valence-corrected chi connectivity index (χ0v) is 13.2. The number of hydrazine groups is 1. The minimum atomic E-state index is -0.807. The third kappa shape index (κ3) is 6.85. The topological polar surface area (TPSA) is 76.7 Å².